The van der Waals surface area contributed by atoms with E-state index in [4.69, 9.17) is 0 Å². The zero-order valence-electron chi connectivity index (χ0n) is 11.3. The van der Waals surface area contributed by atoms with Gasteiger partial charge in [0.2, 0.25) is 0 Å². The number of amides is 1. The van der Waals surface area contributed by atoms with Crippen molar-refractivity contribution in [3.63, 3.8) is 0 Å². The Morgan fingerprint density at radius 1 is 1.24 bits per heavy atom. The van der Waals surface area contributed by atoms with Gasteiger partial charge in [0.25, 0.3) is 11.6 Å². The van der Waals surface area contributed by atoms with Gasteiger partial charge >= 0.3 is 0 Å². The monoisotopic (exact) mass is 348 g/mol. The first-order chi connectivity index (χ1) is 10.0. The molecule has 2 aromatic rings. The first kappa shape index (κ1) is 15.2. The number of rotatable bonds is 4. The minimum absolute atomic E-state index is 0.0376. The Labute approximate surface area is 130 Å². The molecule has 2 rings (SSSR count). The third-order valence-electron chi connectivity index (χ3n) is 3.04. The Hall–Kier alpha value is -2.21. The predicted molar refractivity (Wildman–Crippen MR) is 84.6 cm³/mol. The van der Waals surface area contributed by atoms with Crippen molar-refractivity contribution in [1.82, 2.24) is 0 Å². The molecule has 0 bridgehead atoms. The molecule has 0 radical (unpaired) electrons. The normalized spacial score (nSPS) is 10.2. The van der Waals surface area contributed by atoms with E-state index in [2.05, 4.69) is 21.2 Å². The van der Waals surface area contributed by atoms with Gasteiger partial charge in [-0.2, -0.15) is 0 Å². The maximum atomic E-state index is 12.2. The first-order valence-electron chi connectivity index (χ1n) is 6.35. The Balaban J connectivity index is 2.19. The van der Waals surface area contributed by atoms with Gasteiger partial charge in [-0.25, -0.2) is 0 Å². The second-order valence-corrected chi connectivity index (χ2v) is 5.33. The highest BCUT2D eigenvalue weighted by atomic mass is 79.9. The molecular weight excluding hydrogens is 336 g/mol. The van der Waals surface area contributed by atoms with Crippen LogP contribution in [-0.2, 0) is 6.42 Å². The van der Waals surface area contributed by atoms with Crippen LogP contribution in [0.4, 0.5) is 11.4 Å². The van der Waals surface area contributed by atoms with E-state index >= 15 is 0 Å². The molecule has 0 saturated carbocycles. The summed E-state index contributed by atoms with van der Waals surface area (Å²) in [5.74, 6) is -0.290. The van der Waals surface area contributed by atoms with Crippen molar-refractivity contribution < 1.29 is 9.72 Å². The van der Waals surface area contributed by atoms with Gasteiger partial charge in [0, 0.05) is 27.9 Å². The second-order valence-electron chi connectivity index (χ2n) is 4.41. The fraction of sp³-hybridized carbons (Fsp3) is 0.133. The summed E-state index contributed by atoms with van der Waals surface area (Å²) in [6, 6.07) is 11.1. The number of benzene rings is 2. The zero-order valence-corrected chi connectivity index (χ0v) is 12.9. The van der Waals surface area contributed by atoms with Crippen LogP contribution < -0.4 is 5.32 Å². The summed E-state index contributed by atoms with van der Waals surface area (Å²) in [5.41, 5.74) is 2.10. The topological polar surface area (TPSA) is 72.2 Å². The molecular formula is C15H13BrN2O3. The van der Waals surface area contributed by atoms with Crippen molar-refractivity contribution in [2.24, 2.45) is 0 Å². The molecule has 0 spiro atoms. The third-order valence-corrected chi connectivity index (χ3v) is 3.53. The van der Waals surface area contributed by atoms with Gasteiger partial charge in [-0.05, 0) is 42.3 Å². The van der Waals surface area contributed by atoms with Gasteiger partial charge in [-0.3, -0.25) is 14.9 Å². The molecule has 0 aromatic heterocycles. The number of halogens is 1. The number of aryl methyl sites for hydroxylation is 1. The predicted octanol–water partition coefficient (Wildman–Crippen LogP) is 4.17. The molecule has 5 nitrogen and oxygen atoms in total. The number of nitro benzene ring substituents is 1. The Bertz CT molecular complexity index is 684. The number of carbonyl (C=O) groups is 1. The van der Waals surface area contributed by atoms with E-state index in [0.29, 0.717) is 5.56 Å². The van der Waals surface area contributed by atoms with E-state index in [0.717, 1.165) is 22.1 Å². The number of anilines is 1. The van der Waals surface area contributed by atoms with Crippen molar-refractivity contribution in [2.45, 2.75) is 13.3 Å². The molecule has 0 saturated heterocycles. The number of non-ortho nitro benzene ring substituents is 1. The molecule has 6 heteroatoms. The van der Waals surface area contributed by atoms with E-state index in [-0.39, 0.29) is 11.6 Å². The van der Waals surface area contributed by atoms with Crippen LogP contribution in [0.25, 0.3) is 0 Å². The fourth-order valence-electron chi connectivity index (χ4n) is 1.91. The lowest BCUT2D eigenvalue weighted by molar-refractivity contribution is -0.384. The van der Waals surface area contributed by atoms with Crippen LogP contribution in [0.5, 0.6) is 0 Å². The summed E-state index contributed by atoms with van der Waals surface area (Å²) in [4.78, 5) is 22.3. The van der Waals surface area contributed by atoms with E-state index in [1.54, 1.807) is 0 Å². The van der Waals surface area contributed by atoms with Crippen LogP contribution in [0.15, 0.2) is 46.9 Å². The minimum atomic E-state index is -0.494. The highest BCUT2D eigenvalue weighted by Crippen LogP contribution is 2.22. The van der Waals surface area contributed by atoms with Crippen LogP contribution in [0.2, 0.25) is 0 Å². The molecule has 0 unspecified atom stereocenters. The molecule has 0 aliphatic heterocycles. The van der Waals surface area contributed by atoms with E-state index in [1.165, 1.54) is 24.3 Å². The van der Waals surface area contributed by atoms with Gasteiger partial charge in [0.05, 0.1) is 4.92 Å². The highest BCUT2D eigenvalue weighted by molar-refractivity contribution is 9.10. The van der Waals surface area contributed by atoms with Crippen molar-refractivity contribution in [3.8, 4) is 0 Å². The SMILES string of the molecule is CCc1cc(Br)ccc1NC(=O)c1ccc([N+](=O)[O-])cc1. The summed E-state index contributed by atoms with van der Waals surface area (Å²) in [6.07, 6.45) is 0.787. The smallest absolute Gasteiger partial charge is 0.269 e. The molecule has 1 N–H and O–H groups in total. The Kier molecular flexibility index (Phi) is 4.70. The first-order valence-corrected chi connectivity index (χ1v) is 7.14. The quantitative estimate of drug-likeness (QED) is 0.665. The van der Waals surface area contributed by atoms with Crippen molar-refractivity contribution in [2.75, 3.05) is 5.32 Å². The molecule has 0 fully saturated rings. The molecule has 108 valence electrons. The third kappa shape index (κ3) is 3.66. The highest BCUT2D eigenvalue weighted by Gasteiger charge is 2.11. The van der Waals surface area contributed by atoms with E-state index in [1.807, 2.05) is 25.1 Å². The molecule has 0 heterocycles. The lowest BCUT2D eigenvalue weighted by atomic mass is 10.1. The molecule has 0 atom stereocenters. The lowest BCUT2D eigenvalue weighted by Gasteiger charge is -2.10. The van der Waals surface area contributed by atoms with Crippen LogP contribution in [0, 0.1) is 10.1 Å². The van der Waals surface area contributed by atoms with Crippen LogP contribution >= 0.6 is 15.9 Å². The minimum Gasteiger partial charge on any atom is -0.322 e. The van der Waals surface area contributed by atoms with Gasteiger partial charge in [-0.15, -0.1) is 0 Å². The maximum absolute atomic E-state index is 12.2. The molecule has 0 aliphatic rings. The second kappa shape index (κ2) is 6.49. The molecule has 21 heavy (non-hydrogen) atoms. The number of nitro groups is 1. The standard InChI is InChI=1S/C15H13BrN2O3/c1-2-10-9-12(16)5-8-14(10)17-15(19)11-3-6-13(7-4-11)18(20)21/h3-9H,2H2,1H3,(H,17,19). The fourth-order valence-corrected chi connectivity index (χ4v) is 2.31. The van der Waals surface area contributed by atoms with Crippen molar-refractivity contribution >= 4 is 33.2 Å². The Morgan fingerprint density at radius 3 is 2.48 bits per heavy atom. The number of hydrogen-bond acceptors (Lipinski definition) is 3. The number of nitrogens with zero attached hydrogens (tertiary/aromatic N) is 1. The van der Waals surface area contributed by atoms with Crippen molar-refractivity contribution in [3.05, 3.63) is 68.2 Å². The molecule has 1 amide bonds. The van der Waals surface area contributed by atoms with Gasteiger partial charge < -0.3 is 5.32 Å². The van der Waals surface area contributed by atoms with E-state index < -0.39 is 4.92 Å². The van der Waals surface area contributed by atoms with Gasteiger partial charge in [0.1, 0.15) is 0 Å². The maximum Gasteiger partial charge on any atom is 0.269 e. The van der Waals surface area contributed by atoms with Crippen LogP contribution in [0.3, 0.4) is 0 Å². The molecule has 0 aliphatic carbocycles. The number of nitrogens with one attached hydrogen (secondary N) is 1. The lowest BCUT2D eigenvalue weighted by Crippen LogP contribution is -2.13. The van der Waals surface area contributed by atoms with Crippen molar-refractivity contribution in [1.29, 1.82) is 0 Å². The van der Waals surface area contributed by atoms with Gasteiger partial charge in [0.15, 0.2) is 0 Å². The number of carbonyl (C=O) groups excluding carboxylic acids is 1. The largest absolute Gasteiger partial charge is 0.322 e. The molecule has 2 aromatic carbocycles. The van der Waals surface area contributed by atoms with E-state index in [9.17, 15) is 14.9 Å². The average Bonchev–Trinajstić information content (AvgIpc) is 2.49. The number of hydrogen-bond donors (Lipinski definition) is 1. The van der Waals surface area contributed by atoms with Crippen LogP contribution in [0.1, 0.15) is 22.8 Å². The summed E-state index contributed by atoms with van der Waals surface area (Å²) >= 11 is 3.39. The van der Waals surface area contributed by atoms with Gasteiger partial charge in [-0.1, -0.05) is 22.9 Å². The summed E-state index contributed by atoms with van der Waals surface area (Å²) in [6.45, 7) is 2.00. The summed E-state index contributed by atoms with van der Waals surface area (Å²) in [7, 11) is 0. The summed E-state index contributed by atoms with van der Waals surface area (Å²) < 4.78 is 0.952. The summed E-state index contributed by atoms with van der Waals surface area (Å²) in [5, 5.41) is 13.4. The average molecular weight is 349 g/mol. The Morgan fingerprint density at radius 2 is 1.90 bits per heavy atom. The zero-order chi connectivity index (χ0) is 15.4. The van der Waals surface area contributed by atoms with Crippen LogP contribution in [-0.4, -0.2) is 10.8 Å².